The summed E-state index contributed by atoms with van der Waals surface area (Å²) < 4.78 is 1.97. The van der Waals surface area contributed by atoms with Crippen LogP contribution in [0.1, 0.15) is 66.1 Å². The van der Waals surface area contributed by atoms with Crippen LogP contribution in [0.4, 0.5) is 5.82 Å². The van der Waals surface area contributed by atoms with Gasteiger partial charge in [-0.1, -0.05) is 31.4 Å². The molecule has 1 saturated carbocycles. The lowest BCUT2D eigenvalue weighted by molar-refractivity contribution is 0.0999. The van der Waals surface area contributed by atoms with E-state index in [4.69, 9.17) is 10.3 Å². The molecule has 1 aromatic carbocycles. The summed E-state index contributed by atoms with van der Waals surface area (Å²) in [7, 11) is 0. The molecule has 5 nitrogen and oxygen atoms in total. The fourth-order valence-electron chi connectivity index (χ4n) is 3.82. The van der Waals surface area contributed by atoms with Crippen molar-refractivity contribution in [1.82, 2.24) is 9.78 Å². The third-order valence-corrected chi connectivity index (χ3v) is 5.08. The summed E-state index contributed by atoms with van der Waals surface area (Å²) in [6.07, 6.45) is 8.53. The highest BCUT2D eigenvalue weighted by molar-refractivity contribution is 6.15. The number of Topliss-reactive ketones (excluding diaryl/α,β-unsaturated/α-hetero) is 1. The normalized spacial score (nSPS) is 17.7. The van der Waals surface area contributed by atoms with Crippen LogP contribution in [-0.4, -0.2) is 21.3 Å². The topological polar surface area (TPSA) is 71.0 Å². The van der Waals surface area contributed by atoms with Crippen molar-refractivity contribution in [3.8, 4) is 6.07 Å². The van der Waals surface area contributed by atoms with Crippen LogP contribution in [0.3, 0.4) is 0 Å². The van der Waals surface area contributed by atoms with Gasteiger partial charge in [0.25, 0.3) is 0 Å². The van der Waals surface area contributed by atoms with Crippen LogP contribution < -0.4 is 0 Å². The van der Waals surface area contributed by atoms with Gasteiger partial charge in [0.15, 0.2) is 11.6 Å². The number of hydrogen-bond donors (Lipinski definition) is 0. The maximum Gasteiger partial charge on any atom is 0.173 e. The molecule has 1 aliphatic heterocycles. The maximum atomic E-state index is 12.5. The number of carbonyl (C=O) groups excluding carboxylic acids is 1. The van der Waals surface area contributed by atoms with E-state index in [0.717, 1.165) is 29.9 Å². The summed E-state index contributed by atoms with van der Waals surface area (Å²) in [6, 6.07) is 10.0. The lowest BCUT2D eigenvalue weighted by Gasteiger charge is -2.24. The van der Waals surface area contributed by atoms with Gasteiger partial charge in [-0.15, -0.1) is 0 Å². The highest BCUT2D eigenvalue weighted by Gasteiger charge is 2.27. The smallest absolute Gasteiger partial charge is 0.173 e. The van der Waals surface area contributed by atoms with Crippen molar-refractivity contribution in [2.45, 2.75) is 51.0 Å². The molecular weight excluding hydrogens is 312 g/mol. The number of ketones is 1. The largest absolute Gasteiger partial charge is 0.294 e. The van der Waals surface area contributed by atoms with E-state index < -0.39 is 0 Å². The van der Waals surface area contributed by atoms with Gasteiger partial charge in [0.1, 0.15) is 0 Å². The van der Waals surface area contributed by atoms with Gasteiger partial charge >= 0.3 is 0 Å². The Morgan fingerprint density at radius 1 is 1.24 bits per heavy atom. The van der Waals surface area contributed by atoms with Crippen molar-refractivity contribution in [2.24, 2.45) is 4.99 Å². The minimum absolute atomic E-state index is 0.0958. The van der Waals surface area contributed by atoms with E-state index in [2.05, 4.69) is 11.2 Å². The molecule has 126 valence electrons. The van der Waals surface area contributed by atoms with Crippen LogP contribution in [0, 0.1) is 11.3 Å². The SMILES string of the molecule is N#Cc1cccc(CC2=Nc3c(cnn3C3CCCCC3)C(=O)C2)c1. The Hall–Kier alpha value is -2.74. The lowest BCUT2D eigenvalue weighted by Crippen LogP contribution is -2.18. The van der Waals surface area contributed by atoms with Gasteiger partial charge in [0.05, 0.1) is 35.9 Å². The Balaban J connectivity index is 1.64. The molecule has 0 spiro atoms. The second-order valence-corrected chi connectivity index (χ2v) is 6.89. The standard InChI is InChI=1S/C20H20N4O/c21-12-15-6-4-5-14(9-15)10-16-11-19(25)18-13-22-24(20(18)23-16)17-7-2-1-3-8-17/h4-6,9,13,17H,1-3,7-8,10-11H2. The van der Waals surface area contributed by atoms with Crippen molar-refractivity contribution in [2.75, 3.05) is 0 Å². The molecule has 5 heteroatoms. The van der Waals surface area contributed by atoms with Gasteiger partial charge in [-0.2, -0.15) is 10.4 Å². The molecule has 1 fully saturated rings. The lowest BCUT2D eigenvalue weighted by atomic mass is 9.95. The average Bonchev–Trinajstić information content (AvgIpc) is 3.07. The summed E-state index contributed by atoms with van der Waals surface area (Å²) in [5.41, 5.74) is 3.15. The number of benzene rings is 1. The number of carbonyl (C=O) groups is 1. The summed E-state index contributed by atoms with van der Waals surface area (Å²) in [5.74, 6) is 0.827. The fourth-order valence-corrected chi connectivity index (χ4v) is 3.82. The van der Waals surface area contributed by atoms with Gasteiger partial charge in [-0.05, 0) is 30.5 Å². The first-order chi connectivity index (χ1) is 12.2. The van der Waals surface area contributed by atoms with Crippen LogP contribution in [0.5, 0.6) is 0 Å². The van der Waals surface area contributed by atoms with Gasteiger partial charge in [0, 0.05) is 12.1 Å². The van der Waals surface area contributed by atoms with Crippen molar-refractivity contribution in [3.63, 3.8) is 0 Å². The van der Waals surface area contributed by atoms with E-state index in [1.54, 1.807) is 12.3 Å². The summed E-state index contributed by atoms with van der Waals surface area (Å²) >= 11 is 0. The van der Waals surface area contributed by atoms with E-state index in [9.17, 15) is 4.79 Å². The molecule has 1 aliphatic carbocycles. The second-order valence-electron chi connectivity index (χ2n) is 6.89. The maximum absolute atomic E-state index is 12.5. The zero-order valence-electron chi connectivity index (χ0n) is 14.1. The minimum Gasteiger partial charge on any atom is -0.294 e. The molecule has 2 aromatic rings. The predicted molar refractivity (Wildman–Crippen MR) is 95.3 cm³/mol. The van der Waals surface area contributed by atoms with Crippen molar-refractivity contribution in [3.05, 3.63) is 47.2 Å². The summed E-state index contributed by atoms with van der Waals surface area (Å²) in [5, 5.41) is 13.5. The Morgan fingerprint density at radius 2 is 2.08 bits per heavy atom. The number of aromatic nitrogens is 2. The number of fused-ring (bicyclic) bond motifs is 1. The molecule has 4 rings (SSSR count). The van der Waals surface area contributed by atoms with E-state index in [1.807, 2.05) is 22.9 Å². The van der Waals surface area contributed by atoms with Crippen molar-refractivity contribution >= 4 is 17.3 Å². The number of hydrogen-bond acceptors (Lipinski definition) is 4. The molecular formula is C20H20N4O. The third kappa shape index (κ3) is 3.12. The number of nitriles is 1. The molecule has 0 bridgehead atoms. The number of nitrogens with zero attached hydrogens (tertiary/aromatic N) is 4. The molecule has 0 amide bonds. The first kappa shape index (κ1) is 15.8. The zero-order valence-corrected chi connectivity index (χ0v) is 14.1. The number of rotatable bonds is 3. The Morgan fingerprint density at radius 3 is 2.88 bits per heavy atom. The van der Waals surface area contributed by atoms with E-state index in [1.165, 1.54) is 19.3 Å². The van der Waals surface area contributed by atoms with Gasteiger partial charge in [-0.25, -0.2) is 9.67 Å². The van der Waals surface area contributed by atoms with Crippen LogP contribution in [0.15, 0.2) is 35.5 Å². The first-order valence-electron chi connectivity index (χ1n) is 8.91. The van der Waals surface area contributed by atoms with E-state index in [0.29, 0.717) is 30.0 Å². The zero-order chi connectivity index (χ0) is 17.2. The predicted octanol–water partition coefficient (Wildman–Crippen LogP) is 4.16. The van der Waals surface area contributed by atoms with Crippen LogP contribution in [0.25, 0.3) is 0 Å². The fraction of sp³-hybridized carbons (Fsp3) is 0.400. The van der Waals surface area contributed by atoms with Crippen LogP contribution in [-0.2, 0) is 6.42 Å². The summed E-state index contributed by atoms with van der Waals surface area (Å²) in [4.78, 5) is 17.3. The summed E-state index contributed by atoms with van der Waals surface area (Å²) in [6.45, 7) is 0. The third-order valence-electron chi connectivity index (χ3n) is 5.08. The molecule has 0 unspecified atom stereocenters. The Kier molecular flexibility index (Phi) is 4.19. The molecule has 2 aliphatic rings. The van der Waals surface area contributed by atoms with Crippen LogP contribution in [0.2, 0.25) is 0 Å². The first-order valence-corrected chi connectivity index (χ1v) is 8.91. The molecule has 1 aromatic heterocycles. The molecule has 0 N–H and O–H groups in total. The number of aliphatic imine (C=N–C) groups is 1. The van der Waals surface area contributed by atoms with Gasteiger partial charge < -0.3 is 0 Å². The van der Waals surface area contributed by atoms with Crippen LogP contribution >= 0.6 is 0 Å². The van der Waals surface area contributed by atoms with E-state index >= 15 is 0 Å². The Bertz CT molecular complexity index is 881. The van der Waals surface area contributed by atoms with Crippen molar-refractivity contribution in [1.29, 1.82) is 5.26 Å². The highest BCUT2D eigenvalue weighted by atomic mass is 16.1. The van der Waals surface area contributed by atoms with Crippen molar-refractivity contribution < 1.29 is 4.79 Å². The minimum atomic E-state index is 0.0958. The molecule has 0 saturated heterocycles. The van der Waals surface area contributed by atoms with Gasteiger partial charge in [0.2, 0.25) is 0 Å². The molecule has 0 atom stereocenters. The van der Waals surface area contributed by atoms with Gasteiger partial charge in [-0.3, -0.25) is 4.79 Å². The quantitative estimate of drug-likeness (QED) is 0.847. The molecule has 0 radical (unpaired) electrons. The molecule has 25 heavy (non-hydrogen) atoms. The Labute approximate surface area is 147 Å². The monoisotopic (exact) mass is 332 g/mol. The molecule has 2 heterocycles. The average molecular weight is 332 g/mol. The van der Waals surface area contributed by atoms with E-state index in [-0.39, 0.29) is 5.78 Å². The second kappa shape index (κ2) is 6.64. The highest BCUT2D eigenvalue weighted by Crippen LogP contribution is 2.35.